The van der Waals surface area contributed by atoms with Gasteiger partial charge in [0.1, 0.15) is 22.3 Å². The zero-order chi connectivity index (χ0) is 19.5. The molecule has 0 aliphatic heterocycles. The molecule has 7 nitrogen and oxygen atoms in total. The number of aromatic amines is 1. The highest BCUT2D eigenvalue weighted by molar-refractivity contribution is 7.13. The fourth-order valence-electron chi connectivity index (χ4n) is 2.61. The molecule has 0 aliphatic rings. The molecular formula is C20H17N5O2S. The Bertz CT molecular complexity index is 1100. The molecule has 1 amide bonds. The van der Waals surface area contributed by atoms with Crippen LogP contribution in [0.15, 0.2) is 53.9 Å². The molecule has 0 fully saturated rings. The molecule has 4 rings (SSSR count). The Kier molecular flexibility index (Phi) is 4.86. The smallest absolute Gasteiger partial charge is 0.275 e. The molecule has 0 saturated carbocycles. The number of aryl methyl sites for hydroxylation is 1. The summed E-state index contributed by atoms with van der Waals surface area (Å²) in [7, 11) is 1.62. The second-order valence-electron chi connectivity index (χ2n) is 6.04. The van der Waals surface area contributed by atoms with E-state index in [1.165, 1.54) is 11.3 Å². The first-order chi connectivity index (χ1) is 13.6. The van der Waals surface area contributed by atoms with Crippen LogP contribution in [0.3, 0.4) is 0 Å². The van der Waals surface area contributed by atoms with Gasteiger partial charge in [-0.3, -0.25) is 9.89 Å². The molecule has 2 aromatic heterocycles. The molecule has 28 heavy (non-hydrogen) atoms. The maximum Gasteiger partial charge on any atom is 0.275 e. The van der Waals surface area contributed by atoms with Gasteiger partial charge in [0.05, 0.1) is 7.11 Å². The molecule has 2 aromatic carbocycles. The summed E-state index contributed by atoms with van der Waals surface area (Å²) in [5, 5.41) is 12.3. The van der Waals surface area contributed by atoms with Crippen LogP contribution in [0.1, 0.15) is 16.3 Å². The normalized spacial score (nSPS) is 10.6. The number of hydrogen-bond donors (Lipinski definition) is 2. The van der Waals surface area contributed by atoms with Gasteiger partial charge in [-0.05, 0) is 55.5 Å². The number of ether oxygens (including phenoxy) is 1. The number of nitrogens with one attached hydrogen (secondary N) is 2. The molecule has 0 aliphatic carbocycles. The standard InChI is InChI=1S/C20H17N5O2S/c1-12-21-18(25-24-12)13-3-7-15(8-4-13)22-19(26)17-11-28-20(23-17)14-5-9-16(27-2)10-6-14/h3-11H,1-2H3,(H,22,26)(H,21,24,25). The van der Waals surface area contributed by atoms with E-state index >= 15 is 0 Å². The van der Waals surface area contributed by atoms with Crippen molar-refractivity contribution in [3.05, 3.63) is 65.4 Å². The number of methoxy groups -OCH3 is 1. The number of H-pyrrole nitrogens is 1. The fourth-order valence-corrected chi connectivity index (χ4v) is 3.42. The van der Waals surface area contributed by atoms with Crippen LogP contribution < -0.4 is 10.1 Å². The predicted molar refractivity (Wildman–Crippen MR) is 109 cm³/mol. The van der Waals surface area contributed by atoms with Crippen LogP contribution >= 0.6 is 11.3 Å². The van der Waals surface area contributed by atoms with Crippen molar-refractivity contribution in [1.82, 2.24) is 20.2 Å². The Hall–Kier alpha value is -3.52. The molecule has 0 saturated heterocycles. The van der Waals surface area contributed by atoms with E-state index in [-0.39, 0.29) is 5.91 Å². The Balaban J connectivity index is 1.45. The molecule has 140 valence electrons. The van der Waals surface area contributed by atoms with Crippen molar-refractivity contribution < 1.29 is 9.53 Å². The average Bonchev–Trinajstić information content (AvgIpc) is 3.38. The topological polar surface area (TPSA) is 92.8 Å². The number of carbonyl (C=O) groups excluding carboxylic acids is 1. The third-order valence-electron chi connectivity index (χ3n) is 4.07. The maximum absolute atomic E-state index is 12.5. The van der Waals surface area contributed by atoms with Gasteiger partial charge in [0.15, 0.2) is 5.82 Å². The van der Waals surface area contributed by atoms with Crippen molar-refractivity contribution in [3.63, 3.8) is 0 Å². The summed E-state index contributed by atoms with van der Waals surface area (Å²) in [5.41, 5.74) is 2.87. The summed E-state index contributed by atoms with van der Waals surface area (Å²) in [6.07, 6.45) is 0. The molecule has 2 heterocycles. The van der Waals surface area contributed by atoms with Gasteiger partial charge in [0, 0.05) is 22.2 Å². The van der Waals surface area contributed by atoms with Gasteiger partial charge < -0.3 is 10.1 Å². The van der Waals surface area contributed by atoms with Gasteiger partial charge in [-0.25, -0.2) is 9.97 Å². The van der Waals surface area contributed by atoms with Crippen molar-refractivity contribution in [2.75, 3.05) is 12.4 Å². The summed E-state index contributed by atoms with van der Waals surface area (Å²) in [6.45, 7) is 1.85. The lowest BCUT2D eigenvalue weighted by molar-refractivity contribution is 0.102. The molecule has 2 N–H and O–H groups in total. The van der Waals surface area contributed by atoms with Gasteiger partial charge in [0.25, 0.3) is 5.91 Å². The quantitative estimate of drug-likeness (QED) is 0.533. The zero-order valence-electron chi connectivity index (χ0n) is 15.3. The van der Waals surface area contributed by atoms with Gasteiger partial charge in [0.2, 0.25) is 0 Å². The SMILES string of the molecule is COc1ccc(-c2nc(C(=O)Nc3ccc(-c4n[nH]c(C)n4)cc3)cs2)cc1. The highest BCUT2D eigenvalue weighted by atomic mass is 32.1. The number of anilines is 1. The second kappa shape index (κ2) is 7.61. The molecule has 0 spiro atoms. The lowest BCUT2D eigenvalue weighted by atomic mass is 10.2. The lowest BCUT2D eigenvalue weighted by Crippen LogP contribution is -2.12. The van der Waals surface area contributed by atoms with E-state index in [1.54, 1.807) is 12.5 Å². The van der Waals surface area contributed by atoms with Crippen LogP contribution in [0.2, 0.25) is 0 Å². The van der Waals surface area contributed by atoms with Crippen LogP contribution in [0.5, 0.6) is 5.75 Å². The monoisotopic (exact) mass is 391 g/mol. The second-order valence-corrected chi connectivity index (χ2v) is 6.90. The summed E-state index contributed by atoms with van der Waals surface area (Å²) in [4.78, 5) is 21.2. The number of thiazole rings is 1. The van der Waals surface area contributed by atoms with Crippen LogP contribution in [-0.4, -0.2) is 33.2 Å². The zero-order valence-corrected chi connectivity index (χ0v) is 16.1. The minimum absolute atomic E-state index is 0.252. The largest absolute Gasteiger partial charge is 0.497 e. The molecule has 0 bridgehead atoms. The molecule has 0 atom stereocenters. The number of hydrogen-bond acceptors (Lipinski definition) is 6. The summed E-state index contributed by atoms with van der Waals surface area (Å²) in [5.74, 6) is 1.90. The Morgan fingerprint density at radius 2 is 1.75 bits per heavy atom. The van der Waals surface area contributed by atoms with Crippen molar-refractivity contribution in [2.45, 2.75) is 6.92 Å². The number of aromatic nitrogens is 4. The van der Waals surface area contributed by atoms with E-state index in [4.69, 9.17) is 4.74 Å². The first-order valence-electron chi connectivity index (χ1n) is 8.53. The first-order valence-corrected chi connectivity index (χ1v) is 9.41. The van der Waals surface area contributed by atoms with E-state index in [0.29, 0.717) is 17.2 Å². The maximum atomic E-state index is 12.5. The van der Waals surface area contributed by atoms with E-state index in [2.05, 4.69) is 25.5 Å². The Morgan fingerprint density at radius 3 is 2.39 bits per heavy atom. The van der Waals surface area contributed by atoms with E-state index < -0.39 is 0 Å². The van der Waals surface area contributed by atoms with Crippen molar-refractivity contribution in [1.29, 1.82) is 0 Å². The summed E-state index contributed by atoms with van der Waals surface area (Å²) in [6, 6.07) is 14.9. The fraction of sp³-hybridized carbons (Fsp3) is 0.100. The number of nitrogens with zero attached hydrogens (tertiary/aromatic N) is 3. The summed E-state index contributed by atoms with van der Waals surface area (Å²) >= 11 is 1.42. The highest BCUT2D eigenvalue weighted by Gasteiger charge is 2.13. The van der Waals surface area contributed by atoms with Crippen LogP contribution in [-0.2, 0) is 0 Å². The molecular weight excluding hydrogens is 374 g/mol. The van der Waals surface area contributed by atoms with Crippen LogP contribution in [0.25, 0.3) is 22.0 Å². The number of rotatable bonds is 5. The summed E-state index contributed by atoms with van der Waals surface area (Å²) < 4.78 is 5.16. The molecule has 0 radical (unpaired) electrons. The Labute approximate surface area is 165 Å². The van der Waals surface area contributed by atoms with Crippen molar-refractivity contribution >= 4 is 22.9 Å². The first kappa shape index (κ1) is 17.9. The number of benzene rings is 2. The number of amides is 1. The minimum atomic E-state index is -0.252. The Morgan fingerprint density at radius 1 is 1.04 bits per heavy atom. The predicted octanol–water partition coefficient (Wildman–Crippen LogP) is 4.16. The van der Waals surface area contributed by atoms with Gasteiger partial charge in [-0.1, -0.05) is 0 Å². The van der Waals surface area contributed by atoms with Gasteiger partial charge in [-0.15, -0.1) is 11.3 Å². The molecule has 0 unspecified atom stereocenters. The van der Waals surface area contributed by atoms with E-state index in [0.717, 1.165) is 27.7 Å². The average molecular weight is 391 g/mol. The third kappa shape index (κ3) is 3.77. The van der Waals surface area contributed by atoms with Crippen LogP contribution in [0.4, 0.5) is 5.69 Å². The molecule has 8 heteroatoms. The third-order valence-corrected chi connectivity index (χ3v) is 4.96. The number of carbonyl (C=O) groups is 1. The van der Waals surface area contributed by atoms with E-state index in [9.17, 15) is 4.79 Å². The van der Waals surface area contributed by atoms with E-state index in [1.807, 2.05) is 55.5 Å². The van der Waals surface area contributed by atoms with Crippen molar-refractivity contribution in [3.8, 4) is 27.7 Å². The van der Waals surface area contributed by atoms with Gasteiger partial charge >= 0.3 is 0 Å². The van der Waals surface area contributed by atoms with Crippen molar-refractivity contribution in [2.24, 2.45) is 0 Å². The van der Waals surface area contributed by atoms with Crippen LogP contribution in [0, 0.1) is 6.92 Å². The van der Waals surface area contributed by atoms with Gasteiger partial charge in [-0.2, -0.15) is 5.10 Å². The molecule has 4 aromatic rings. The lowest BCUT2D eigenvalue weighted by Gasteiger charge is -2.04. The highest BCUT2D eigenvalue weighted by Crippen LogP contribution is 2.26. The minimum Gasteiger partial charge on any atom is -0.497 e.